The third-order valence-corrected chi connectivity index (χ3v) is 3.82. The Bertz CT molecular complexity index is 786. The summed E-state index contributed by atoms with van der Waals surface area (Å²) < 4.78 is 4.65. The number of aliphatic hydroxyl groups is 2. The van der Waals surface area contributed by atoms with Crippen molar-refractivity contribution >= 4 is 17.4 Å². The highest BCUT2D eigenvalue weighted by atomic mass is 16.6. The first-order valence-corrected chi connectivity index (χ1v) is 7.15. The van der Waals surface area contributed by atoms with Crippen LogP contribution in [-0.2, 0) is 14.9 Å². The van der Waals surface area contributed by atoms with E-state index in [4.69, 9.17) is 0 Å². The molecule has 8 heteroatoms. The van der Waals surface area contributed by atoms with Crippen molar-refractivity contribution in [2.45, 2.75) is 11.7 Å². The molecule has 0 aliphatic rings. The number of non-ortho nitro benzene ring substituents is 1. The average molecular weight is 345 g/mol. The van der Waals surface area contributed by atoms with Gasteiger partial charge in [0.05, 0.1) is 12.0 Å². The molecular formula is C17H15NO7. The van der Waals surface area contributed by atoms with E-state index in [0.717, 1.165) is 31.4 Å². The van der Waals surface area contributed by atoms with Crippen molar-refractivity contribution in [3.8, 4) is 0 Å². The third kappa shape index (κ3) is 3.12. The number of aliphatic hydroxyl groups excluding tert-OH is 1. The predicted octanol–water partition coefficient (Wildman–Crippen LogP) is 1.20. The Balaban J connectivity index is 2.64. The first kappa shape index (κ1) is 18.2. The molecule has 2 rings (SSSR count). The fraction of sp³-hybridized carbons (Fsp3) is 0.176. The molecule has 0 heterocycles. The highest BCUT2D eigenvalue weighted by Crippen LogP contribution is 2.33. The molecule has 0 aromatic heterocycles. The molecule has 0 saturated heterocycles. The lowest BCUT2D eigenvalue weighted by molar-refractivity contribution is -0.384. The van der Waals surface area contributed by atoms with E-state index in [9.17, 15) is 29.9 Å². The highest BCUT2D eigenvalue weighted by molar-refractivity contribution is 6.17. The quantitative estimate of drug-likeness (QED) is 0.201. The number of hydrogen-bond donors (Lipinski definition) is 2. The maximum atomic E-state index is 13.0. The van der Waals surface area contributed by atoms with Gasteiger partial charge >= 0.3 is 5.97 Å². The normalized spacial score (nSPS) is 13.1. The van der Waals surface area contributed by atoms with Gasteiger partial charge in [-0.1, -0.05) is 30.3 Å². The summed E-state index contributed by atoms with van der Waals surface area (Å²) in [4.78, 5) is 35.5. The van der Waals surface area contributed by atoms with Crippen molar-refractivity contribution in [3.05, 3.63) is 75.8 Å². The van der Waals surface area contributed by atoms with Gasteiger partial charge in [0.25, 0.3) is 5.69 Å². The van der Waals surface area contributed by atoms with Gasteiger partial charge in [0.1, 0.15) is 0 Å². The second-order valence-electron chi connectivity index (χ2n) is 5.17. The zero-order valence-corrected chi connectivity index (χ0v) is 13.2. The van der Waals surface area contributed by atoms with Crippen LogP contribution >= 0.6 is 0 Å². The number of Topliss-reactive ketones (excluding diaryl/α,β-unsaturated/α-hetero) is 1. The predicted molar refractivity (Wildman–Crippen MR) is 85.8 cm³/mol. The molecule has 25 heavy (non-hydrogen) atoms. The molecule has 0 fully saturated rings. The van der Waals surface area contributed by atoms with Gasteiger partial charge in [0, 0.05) is 17.7 Å². The van der Waals surface area contributed by atoms with Crippen molar-refractivity contribution in [2.24, 2.45) is 0 Å². The fourth-order valence-electron chi connectivity index (χ4n) is 2.54. The summed E-state index contributed by atoms with van der Waals surface area (Å²) in [5.41, 5.74) is -2.73. The number of methoxy groups -OCH3 is 1. The number of ether oxygens (including phenoxy) is 1. The SMILES string of the molecule is COC(=O)C(C(=O)c1ccc([N+](=O)[O-])cc1)(c1ccccc1)C(O)O. The average Bonchev–Trinajstić information content (AvgIpc) is 2.62. The largest absolute Gasteiger partial charge is 0.468 e. The van der Waals surface area contributed by atoms with Gasteiger partial charge in [-0.05, 0) is 17.7 Å². The molecule has 1 atom stereocenters. The molecule has 0 aliphatic heterocycles. The van der Waals surface area contributed by atoms with Gasteiger partial charge in [-0.15, -0.1) is 0 Å². The van der Waals surface area contributed by atoms with Crippen LogP contribution in [0.4, 0.5) is 5.69 Å². The molecule has 0 saturated carbocycles. The molecule has 2 aromatic rings. The minimum Gasteiger partial charge on any atom is -0.468 e. The van der Waals surface area contributed by atoms with Crippen LogP contribution in [0.5, 0.6) is 0 Å². The third-order valence-electron chi connectivity index (χ3n) is 3.82. The minimum absolute atomic E-state index is 0.0280. The second kappa shape index (κ2) is 7.20. The summed E-state index contributed by atoms with van der Waals surface area (Å²) in [6.07, 6.45) is -2.38. The topological polar surface area (TPSA) is 127 Å². The van der Waals surface area contributed by atoms with E-state index in [1.165, 1.54) is 24.3 Å². The Hall–Kier alpha value is -3.10. The second-order valence-corrected chi connectivity index (χ2v) is 5.17. The van der Waals surface area contributed by atoms with E-state index >= 15 is 0 Å². The fourth-order valence-corrected chi connectivity index (χ4v) is 2.54. The van der Waals surface area contributed by atoms with Crippen LogP contribution in [0.2, 0.25) is 0 Å². The lowest BCUT2D eigenvalue weighted by Crippen LogP contribution is -2.53. The van der Waals surface area contributed by atoms with Gasteiger partial charge in [-0.25, -0.2) is 0 Å². The molecule has 8 nitrogen and oxygen atoms in total. The Morgan fingerprint density at radius 3 is 2.08 bits per heavy atom. The first-order chi connectivity index (χ1) is 11.9. The summed E-state index contributed by atoms with van der Waals surface area (Å²) in [6, 6.07) is 11.9. The van der Waals surface area contributed by atoms with Gasteiger partial charge < -0.3 is 14.9 Å². The van der Waals surface area contributed by atoms with Crippen molar-refractivity contribution < 1.29 is 29.5 Å². The van der Waals surface area contributed by atoms with Crippen LogP contribution in [0.3, 0.4) is 0 Å². The number of benzene rings is 2. The first-order valence-electron chi connectivity index (χ1n) is 7.15. The number of nitro benzene ring substituents is 1. The monoisotopic (exact) mass is 345 g/mol. The van der Waals surface area contributed by atoms with E-state index in [0.29, 0.717) is 0 Å². The molecule has 0 amide bonds. The zero-order chi connectivity index (χ0) is 18.6. The number of esters is 1. The number of carbonyl (C=O) groups excluding carboxylic acids is 2. The van der Waals surface area contributed by atoms with Crippen LogP contribution in [0.1, 0.15) is 15.9 Å². The molecule has 0 bridgehead atoms. The standard InChI is InChI=1S/C17H15NO7/c1-25-16(22)17(15(20)21,12-5-3-2-4-6-12)14(19)11-7-9-13(10-8-11)18(23)24/h2-10,15,20-21H,1H3. The molecule has 1 unspecified atom stereocenters. The Morgan fingerprint density at radius 2 is 1.64 bits per heavy atom. The van der Waals surface area contributed by atoms with Crippen molar-refractivity contribution in [3.63, 3.8) is 0 Å². The lowest BCUT2D eigenvalue weighted by Gasteiger charge is -2.31. The molecule has 0 spiro atoms. The van der Waals surface area contributed by atoms with E-state index in [2.05, 4.69) is 4.74 Å². The number of rotatable bonds is 6. The van der Waals surface area contributed by atoms with Crippen LogP contribution in [0.25, 0.3) is 0 Å². The van der Waals surface area contributed by atoms with E-state index in [-0.39, 0.29) is 16.8 Å². The zero-order valence-electron chi connectivity index (χ0n) is 13.2. The van der Waals surface area contributed by atoms with E-state index < -0.39 is 28.4 Å². The Kier molecular flexibility index (Phi) is 5.26. The maximum absolute atomic E-state index is 13.0. The Morgan fingerprint density at radius 1 is 1.08 bits per heavy atom. The van der Waals surface area contributed by atoms with Crippen molar-refractivity contribution in [2.75, 3.05) is 7.11 Å². The summed E-state index contributed by atoms with van der Waals surface area (Å²) in [5.74, 6) is -2.10. The van der Waals surface area contributed by atoms with Gasteiger partial charge in [-0.3, -0.25) is 19.7 Å². The maximum Gasteiger partial charge on any atom is 0.329 e. The van der Waals surface area contributed by atoms with E-state index in [1.54, 1.807) is 6.07 Å². The summed E-state index contributed by atoms with van der Waals surface area (Å²) >= 11 is 0. The van der Waals surface area contributed by atoms with Crippen LogP contribution < -0.4 is 0 Å². The molecule has 2 aromatic carbocycles. The number of carbonyl (C=O) groups is 2. The van der Waals surface area contributed by atoms with Gasteiger partial charge in [-0.2, -0.15) is 0 Å². The number of nitro groups is 1. The van der Waals surface area contributed by atoms with Crippen LogP contribution in [-0.4, -0.2) is 40.3 Å². The molecule has 130 valence electrons. The number of ketones is 1. The minimum atomic E-state index is -2.41. The molecule has 0 radical (unpaired) electrons. The molecular weight excluding hydrogens is 330 g/mol. The number of nitrogens with zero attached hydrogens (tertiary/aromatic N) is 1. The highest BCUT2D eigenvalue weighted by Gasteiger charge is 2.54. The lowest BCUT2D eigenvalue weighted by atomic mass is 9.73. The smallest absolute Gasteiger partial charge is 0.329 e. The van der Waals surface area contributed by atoms with Crippen LogP contribution in [0, 0.1) is 10.1 Å². The van der Waals surface area contributed by atoms with Gasteiger partial charge in [0.2, 0.25) is 5.41 Å². The van der Waals surface area contributed by atoms with Gasteiger partial charge in [0.15, 0.2) is 12.1 Å². The van der Waals surface area contributed by atoms with E-state index in [1.807, 2.05) is 0 Å². The molecule has 0 aliphatic carbocycles. The summed E-state index contributed by atoms with van der Waals surface area (Å²) in [7, 11) is 1.02. The summed E-state index contributed by atoms with van der Waals surface area (Å²) in [5, 5.41) is 30.6. The van der Waals surface area contributed by atoms with Crippen molar-refractivity contribution in [1.82, 2.24) is 0 Å². The number of hydrogen-bond acceptors (Lipinski definition) is 7. The van der Waals surface area contributed by atoms with Crippen LogP contribution in [0.15, 0.2) is 54.6 Å². The Labute approximate surface area is 142 Å². The summed E-state index contributed by atoms with van der Waals surface area (Å²) in [6.45, 7) is 0. The van der Waals surface area contributed by atoms with Crippen molar-refractivity contribution in [1.29, 1.82) is 0 Å². The molecule has 2 N–H and O–H groups in total.